The van der Waals surface area contributed by atoms with Crippen molar-refractivity contribution < 1.29 is 18.0 Å². The average Bonchev–Trinajstić information content (AvgIpc) is 2.92. The third kappa shape index (κ3) is 3.65. The fourth-order valence-corrected chi connectivity index (χ4v) is 1.82. The highest BCUT2D eigenvalue weighted by atomic mass is 19.1. The van der Waals surface area contributed by atoms with Crippen LogP contribution in [0.1, 0.15) is 19.2 Å². The summed E-state index contributed by atoms with van der Waals surface area (Å²) < 4.78 is 31.9. The third-order valence-corrected chi connectivity index (χ3v) is 3.20. The Hall–Kier alpha value is -2.24. The smallest absolute Gasteiger partial charge is 0.222 e. The highest BCUT2D eigenvalue weighted by Crippen LogP contribution is 2.24. The van der Waals surface area contributed by atoms with Crippen LogP contribution in [-0.2, 0) is 11.2 Å². The van der Waals surface area contributed by atoms with Crippen molar-refractivity contribution in [3.63, 3.8) is 0 Å². The maximum absolute atomic E-state index is 13.6. The molecular formula is C15H16F2N2O2. The van der Waals surface area contributed by atoms with Crippen molar-refractivity contribution in [2.75, 3.05) is 13.6 Å². The molecule has 4 nitrogen and oxygen atoms in total. The molecule has 0 saturated heterocycles. The van der Waals surface area contributed by atoms with E-state index in [1.807, 2.05) is 6.92 Å². The van der Waals surface area contributed by atoms with Gasteiger partial charge in [0.15, 0.2) is 11.7 Å². The van der Waals surface area contributed by atoms with Gasteiger partial charge in [0.2, 0.25) is 5.91 Å². The molecule has 1 amide bonds. The average molecular weight is 294 g/mol. The summed E-state index contributed by atoms with van der Waals surface area (Å²) in [5.41, 5.74) is 0.146. The fraction of sp³-hybridized carbons (Fsp3) is 0.333. The molecule has 0 atom stereocenters. The number of nitrogens with zero attached hydrogens (tertiary/aromatic N) is 2. The van der Waals surface area contributed by atoms with E-state index in [1.165, 1.54) is 12.3 Å². The predicted octanol–water partition coefficient (Wildman–Crippen LogP) is 3.03. The Labute approximate surface area is 121 Å². The van der Waals surface area contributed by atoms with E-state index >= 15 is 0 Å². The summed E-state index contributed by atoms with van der Waals surface area (Å²) in [6, 6.07) is 3.24. The number of hydrogen-bond acceptors (Lipinski definition) is 3. The lowest BCUT2D eigenvalue weighted by Crippen LogP contribution is -2.26. The second-order valence-electron chi connectivity index (χ2n) is 4.65. The van der Waals surface area contributed by atoms with Gasteiger partial charge in [-0.15, -0.1) is 0 Å². The predicted molar refractivity (Wildman–Crippen MR) is 73.5 cm³/mol. The number of hydrogen-bond donors (Lipinski definition) is 0. The van der Waals surface area contributed by atoms with Gasteiger partial charge >= 0.3 is 0 Å². The summed E-state index contributed by atoms with van der Waals surface area (Å²) in [6.07, 6.45) is 1.99. The number of aromatic nitrogens is 1. The molecular weight excluding hydrogens is 278 g/mol. The molecule has 21 heavy (non-hydrogen) atoms. The quantitative estimate of drug-likeness (QED) is 0.851. The number of aryl methyl sites for hydroxylation is 1. The van der Waals surface area contributed by atoms with Crippen molar-refractivity contribution in [2.24, 2.45) is 0 Å². The zero-order valence-corrected chi connectivity index (χ0v) is 11.9. The van der Waals surface area contributed by atoms with Crippen LogP contribution in [0.3, 0.4) is 0 Å². The van der Waals surface area contributed by atoms with Gasteiger partial charge in [-0.1, -0.05) is 0 Å². The highest BCUT2D eigenvalue weighted by Gasteiger charge is 2.13. The molecule has 0 saturated carbocycles. The summed E-state index contributed by atoms with van der Waals surface area (Å²) >= 11 is 0. The second kappa shape index (κ2) is 6.47. The molecule has 2 aromatic rings. The van der Waals surface area contributed by atoms with E-state index in [9.17, 15) is 13.6 Å². The molecule has 0 spiro atoms. The first-order chi connectivity index (χ1) is 10.0. The SMILES string of the molecule is CCN(C)C(=O)CCc1ncc(-c2ccc(F)cc2F)o1. The van der Waals surface area contributed by atoms with E-state index in [2.05, 4.69) is 4.98 Å². The van der Waals surface area contributed by atoms with Gasteiger partial charge in [-0.2, -0.15) is 0 Å². The molecule has 0 N–H and O–H groups in total. The van der Waals surface area contributed by atoms with Crippen LogP contribution in [0.25, 0.3) is 11.3 Å². The van der Waals surface area contributed by atoms with Gasteiger partial charge in [0.1, 0.15) is 11.6 Å². The van der Waals surface area contributed by atoms with E-state index in [-0.39, 0.29) is 23.7 Å². The highest BCUT2D eigenvalue weighted by molar-refractivity contribution is 5.75. The first-order valence-corrected chi connectivity index (χ1v) is 6.65. The Kier molecular flexibility index (Phi) is 4.67. The maximum Gasteiger partial charge on any atom is 0.222 e. The zero-order valence-electron chi connectivity index (χ0n) is 11.9. The van der Waals surface area contributed by atoms with Gasteiger partial charge in [0.05, 0.1) is 11.8 Å². The third-order valence-electron chi connectivity index (χ3n) is 3.20. The molecule has 0 fully saturated rings. The lowest BCUT2D eigenvalue weighted by atomic mass is 10.2. The van der Waals surface area contributed by atoms with Crippen LogP contribution < -0.4 is 0 Å². The zero-order chi connectivity index (χ0) is 15.4. The molecule has 1 aromatic heterocycles. The number of rotatable bonds is 5. The van der Waals surface area contributed by atoms with E-state index in [4.69, 9.17) is 4.42 Å². The minimum absolute atomic E-state index is 0.00906. The molecule has 1 aromatic carbocycles. The molecule has 0 aliphatic heterocycles. The molecule has 2 rings (SSSR count). The maximum atomic E-state index is 13.6. The van der Waals surface area contributed by atoms with E-state index < -0.39 is 11.6 Å². The molecule has 0 unspecified atom stereocenters. The summed E-state index contributed by atoms with van der Waals surface area (Å²) in [6.45, 7) is 2.52. The number of benzene rings is 1. The summed E-state index contributed by atoms with van der Waals surface area (Å²) in [7, 11) is 1.72. The van der Waals surface area contributed by atoms with Gasteiger partial charge in [-0.05, 0) is 19.1 Å². The lowest BCUT2D eigenvalue weighted by molar-refractivity contribution is -0.129. The van der Waals surface area contributed by atoms with Crippen molar-refractivity contribution in [3.8, 4) is 11.3 Å². The Balaban J connectivity index is 2.06. The number of amides is 1. The molecule has 0 bridgehead atoms. The largest absolute Gasteiger partial charge is 0.441 e. The molecule has 0 aliphatic rings. The monoisotopic (exact) mass is 294 g/mol. The first-order valence-electron chi connectivity index (χ1n) is 6.65. The van der Waals surface area contributed by atoms with E-state index in [1.54, 1.807) is 11.9 Å². The van der Waals surface area contributed by atoms with Gasteiger partial charge in [-0.3, -0.25) is 4.79 Å². The van der Waals surface area contributed by atoms with Crippen LogP contribution in [-0.4, -0.2) is 29.4 Å². The first kappa shape index (κ1) is 15.2. The Morgan fingerprint density at radius 3 is 2.81 bits per heavy atom. The lowest BCUT2D eigenvalue weighted by Gasteiger charge is -2.13. The van der Waals surface area contributed by atoms with Gasteiger partial charge in [0.25, 0.3) is 0 Å². The van der Waals surface area contributed by atoms with Crippen molar-refractivity contribution in [3.05, 3.63) is 41.9 Å². The Bertz CT molecular complexity index is 640. The van der Waals surface area contributed by atoms with Crippen molar-refractivity contribution >= 4 is 5.91 Å². The number of halogens is 2. The standard InChI is InChI=1S/C15H16F2N2O2/c1-3-19(2)15(20)7-6-14-18-9-13(21-14)11-5-4-10(16)8-12(11)17/h4-5,8-9H,3,6-7H2,1-2H3. The molecule has 1 heterocycles. The van der Waals surface area contributed by atoms with Crippen LogP contribution in [0.4, 0.5) is 8.78 Å². The Morgan fingerprint density at radius 2 is 2.14 bits per heavy atom. The minimum atomic E-state index is -0.709. The molecule has 6 heteroatoms. The van der Waals surface area contributed by atoms with Crippen molar-refractivity contribution in [1.29, 1.82) is 0 Å². The Morgan fingerprint density at radius 1 is 1.38 bits per heavy atom. The number of carbonyl (C=O) groups excluding carboxylic acids is 1. The summed E-state index contributed by atoms with van der Waals surface area (Å²) in [5, 5.41) is 0. The summed E-state index contributed by atoms with van der Waals surface area (Å²) in [5.74, 6) is -0.792. The normalized spacial score (nSPS) is 10.7. The van der Waals surface area contributed by atoms with Crippen LogP contribution in [0, 0.1) is 11.6 Å². The van der Waals surface area contributed by atoms with E-state index in [0.717, 1.165) is 12.1 Å². The molecule has 112 valence electrons. The van der Waals surface area contributed by atoms with E-state index in [0.29, 0.717) is 18.9 Å². The summed E-state index contributed by atoms with van der Waals surface area (Å²) in [4.78, 5) is 17.3. The molecule has 0 aliphatic carbocycles. The fourth-order valence-electron chi connectivity index (χ4n) is 1.82. The van der Waals surface area contributed by atoms with Crippen LogP contribution in [0.2, 0.25) is 0 Å². The second-order valence-corrected chi connectivity index (χ2v) is 4.65. The minimum Gasteiger partial charge on any atom is -0.441 e. The van der Waals surface area contributed by atoms with Crippen molar-refractivity contribution in [1.82, 2.24) is 9.88 Å². The van der Waals surface area contributed by atoms with Crippen molar-refractivity contribution in [2.45, 2.75) is 19.8 Å². The van der Waals surface area contributed by atoms with Crippen LogP contribution in [0.15, 0.2) is 28.8 Å². The van der Waals surface area contributed by atoms with Gasteiger partial charge < -0.3 is 9.32 Å². The van der Waals surface area contributed by atoms with Crippen LogP contribution in [0.5, 0.6) is 0 Å². The van der Waals surface area contributed by atoms with Gasteiger partial charge in [-0.25, -0.2) is 13.8 Å². The number of carbonyl (C=O) groups is 1. The topological polar surface area (TPSA) is 46.3 Å². The number of oxazole rings is 1. The van der Waals surface area contributed by atoms with Crippen LogP contribution >= 0.6 is 0 Å². The van der Waals surface area contributed by atoms with Gasteiger partial charge in [0, 0.05) is 32.5 Å². The molecule has 0 radical (unpaired) electrons.